The van der Waals surface area contributed by atoms with Crippen molar-refractivity contribution >= 4 is 11.1 Å². The number of hydrogen-bond donors (Lipinski definition) is 0. The second kappa shape index (κ2) is 6.74. The van der Waals surface area contributed by atoms with E-state index in [4.69, 9.17) is 0 Å². The lowest BCUT2D eigenvalue weighted by Crippen LogP contribution is -1.99. The predicted molar refractivity (Wildman–Crippen MR) is 95.4 cm³/mol. The number of benzene rings is 1. The second-order valence-corrected chi connectivity index (χ2v) is 5.90. The molecule has 22 heavy (non-hydrogen) atoms. The zero-order chi connectivity index (χ0) is 16.3. The second-order valence-electron chi connectivity index (χ2n) is 5.90. The average Bonchev–Trinajstić information content (AvgIpc) is 2.47. The van der Waals surface area contributed by atoms with Gasteiger partial charge in [-0.25, -0.2) is 4.39 Å². The Hall–Kier alpha value is -2.15. The molecule has 1 aliphatic rings. The molecule has 0 heterocycles. The van der Waals surface area contributed by atoms with Crippen molar-refractivity contribution in [1.29, 1.82) is 0 Å². The van der Waals surface area contributed by atoms with Crippen LogP contribution in [-0.4, -0.2) is 6.17 Å². The summed E-state index contributed by atoms with van der Waals surface area (Å²) in [6.07, 6.45) is 7.08. The van der Waals surface area contributed by atoms with Crippen LogP contribution >= 0.6 is 0 Å². The molecule has 0 radical (unpaired) electrons. The number of alkyl halides is 1. The monoisotopic (exact) mass is 294 g/mol. The molecule has 0 N–H and O–H groups in total. The Kier molecular flexibility index (Phi) is 4.97. The lowest BCUT2D eigenvalue weighted by Gasteiger charge is -2.15. The van der Waals surface area contributed by atoms with E-state index < -0.39 is 6.17 Å². The molecule has 2 rings (SSSR count). The van der Waals surface area contributed by atoms with E-state index in [2.05, 4.69) is 38.3 Å². The molecule has 0 saturated heterocycles. The summed E-state index contributed by atoms with van der Waals surface area (Å²) < 4.78 is 13.2. The molecule has 0 fully saturated rings. The minimum atomic E-state index is -0.855. The Morgan fingerprint density at radius 1 is 1.27 bits per heavy atom. The summed E-state index contributed by atoms with van der Waals surface area (Å²) in [6, 6.07) is 6.20. The lowest BCUT2D eigenvalue weighted by atomic mass is 9.90. The number of rotatable bonds is 4. The molecular formula is C21H23F. The fraction of sp³-hybridized carbons (Fsp3) is 0.238. The van der Waals surface area contributed by atoms with Crippen molar-refractivity contribution in [3.63, 3.8) is 0 Å². The van der Waals surface area contributed by atoms with Crippen LogP contribution in [0.5, 0.6) is 0 Å². The van der Waals surface area contributed by atoms with E-state index in [1.165, 1.54) is 5.56 Å². The highest BCUT2D eigenvalue weighted by Gasteiger charge is 2.11. The normalized spacial score (nSPS) is 18.1. The standard InChI is InChI=1S/C21H23F/c1-14(2)20-8-6-7-15(3)21(20)17(5)13-16(4)18-9-11-19(22)12-10-18/h6-11,13,19H,1,5,12H2,2-4H3/b16-13+. The third-order valence-electron chi connectivity index (χ3n) is 3.95. The Bertz CT molecular complexity index is 699. The molecule has 0 bridgehead atoms. The quantitative estimate of drug-likeness (QED) is 0.579. The first-order chi connectivity index (χ1) is 10.4. The maximum absolute atomic E-state index is 13.2. The number of halogens is 1. The summed E-state index contributed by atoms with van der Waals surface area (Å²) in [5, 5.41) is 0. The van der Waals surface area contributed by atoms with Gasteiger partial charge in [0.2, 0.25) is 0 Å². The maximum Gasteiger partial charge on any atom is 0.122 e. The highest BCUT2D eigenvalue weighted by atomic mass is 19.1. The highest BCUT2D eigenvalue weighted by Crippen LogP contribution is 2.30. The first-order valence-corrected chi connectivity index (χ1v) is 7.56. The molecule has 0 aliphatic heterocycles. The summed E-state index contributed by atoms with van der Waals surface area (Å²) in [6.45, 7) is 14.4. The lowest BCUT2D eigenvalue weighted by molar-refractivity contribution is 0.401. The van der Waals surface area contributed by atoms with Gasteiger partial charge in [0, 0.05) is 6.42 Å². The molecule has 1 aliphatic carbocycles. The van der Waals surface area contributed by atoms with Crippen molar-refractivity contribution < 1.29 is 4.39 Å². The van der Waals surface area contributed by atoms with Crippen LogP contribution in [0, 0.1) is 6.92 Å². The van der Waals surface area contributed by atoms with Crippen LogP contribution in [0.25, 0.3) is 11.1 Å². The van der Waals surface area contributed by atoms with Crippen molar-refractivity contribution in [3.8, 4) is 0 Å². The van der Waals surface area contributed by atoms with Gasteiger partial charge in [-0.1, -0.05) is 55.2 Å². The minimum absolute atomic E-state index is 0.449. The van der Waals surface area contributed by atoms with Crippen LogP contribution in [0.3, 0.4) is 0 Å². The molecule has 0 saturated carbocycles. The van der Waals surface area contributed by atoms with Gasteiger partial charge in [0.15, 0.2) is 0 Å². The molecule has 1 aromatic carbocycles. The van der Waals surface area contributed by atoms with Crippen LogP contribution in [0.1, 0.15) is 37.0 Å². The van der Waals surface area contributed by atoms with Crippen molar-refractivity contribution in [2.45, 2.75) is 33.4 Å². The van der Waals surface area contributed by atoms with Gasteiger partial charge in [-0.2, -0.15) is 0 Å². The van der Waals surface area contributed by atoms with Crippen LogP contribution in [0.2, 0.25) is 0 Å². The van der Waals surface area contributed by atoms with Crippen molar-refractivity contribution in [2.75, 3.05) is 0 Å². The summed E-state index contributed by atoms with van der Waals surface area (Å²) in [5.74, 6) is 0. The van der Waals surface area contributed by atoms with E-state index in [0.717, 1.165) is 33.4 Å². The van der Waals surface area contributed by atoms with E-state index >= 15 is 0 Å². The zero-order valence-electron chi connectivity index (χ0n) is 13.6. The number of aryl methyl sites for hydroxylation is 1. The van der Waals surface area contributed by atoms with E-state index in [0.29, 0.717) is 6.42 Å². The van der Waals surface area contributed by atoms with Crippen molar-refractivity contribution in [2.24, 2.45) is 0 Å². The Morgan fingerprint density at radius 3 is 2.59 bits per heavy atom. The summed E-state index contributed by atoms with van der Waals surface area (Å²) >= 11 is 0. The fourth-order valence-corrected chi connectivity index (χ4v) is 2.75. The number of allylic oxidation sites excluding steroid dienone is 8. The van der Waals surface area contributed by atoms with Crippen molar-refractivity contribution in [1.82, 2.24) is 0 Å². The highest BCUT2D eigenvalue weighted by molar-refractivity contribution is 5.84. The Balaban J connectivity index is 2.35. The van der Waals surface area contributed by atoms with Gasteiger partial charge in [-0.15, -0.1) is 0 Å². The molecule has 0 aromatic heterocycles. The maximum atomic E-state index is 13.2. The molecule has 1 atom stereocenters. The van der Waals surface area contributed by atoms with Crippen LogP contribution in [0.4, 0.5) is 4.39 Å². The molecule has 1 heteroatoms. The van der Waals surface area contributed by atoms with Gasteiger partial charge in [0.1, 0.15) is 6.17 Å². The fourth-order valence-electron chi connectivity index (χ4n) is 2.75. The van der Waals surface area contributed by atoms with Gasteiger partial charge < -0.3 is 0 Å². The molecule has 1 aromatic rings. The Labute approximate surface area is 133 Å². The first-order valence-electron chi connectivity index (χ1n) is 7.56. The van der Waals surface area contributed by atoms with Crippen molar-refractivity contribution in [3.05, 3.63) is 83.5 Å². The largest absolute Gasteiger partial charge is 0.243 e. The topological polar surface area (TPSA) is 0 Å². The molecule has 0 amide bonds. The number of hydrogen-bond acceptors (Lipinski definition) is 0. The van der Waals surface area contributed by atoms with E-state index in [1.807, 2.05) is 32.1 Å². The molecule has 1 unspecified atom stereocenters. The summed E-state index contributed by atoms with van der Waals surface area (Å²) in [5.41, 5.74) is 7.62. The molecule has 114 valence electrons. The molecular weight excluding hydrogens is 271 g/mol. The van der Waals surface area contributed by atoms with Crippen LogP contribution in [-0.2, 0) is 0 Å². The van der Waals surface area contributed by atoms with Gasteiger partial charge in [-0.05, 0) is 60.3 Å². The van der Waals surface area contributed by atoms with E-state index in [-0.39, 0.29) is 0 Å². The SMILES string of the molecule is C=C(C)c1cccc(C)c1C(=C)/C=C(\C)C1=CCC(F)C=C1. The van der Waals surface area contributed by atoms with E-state index in [9.17, 15) is 4.39 Å². The predicted octanol–water partition coefficient (Wildman–Crippen LogP) is 6.21. The van der Waals surface area contributed by atoms with E-state index in [1.54, 1.807) is 6.08 Å². The van der Waals surface area contributed by atoms with Gasteiger partial charge in [0.25, 0.3) is 0 Å². The molecule has 0 nitrogen and oxygen atoms in total. The molecule has 0 spiro atoms. The Morgan fingerprint density at radius 2 is 2.00 bits per heavy atom. The summed E-state index contributed by atoms with van der Waals surface area (Å²) in [4.78, 5) is 0. The third kappa shape index (κ3) is 3.54. The van der Waals surface area contributed by atoms with Gasteiger partial charge in [-0.3, -0.25) is 0 Å². The third-order valence-corrected chi connectivity index (χ3v) is 3.95. The zero-order valence-corrected chi connectivity index (χ0v) is 13.6. The van der Waals surface area contributed by atoms with Gasteiger partial charge in [0.05, 0.1) is 0 Å². The minimum Gasteiger partial charge on any atom is -0.243 e. The van der Waals surface area contributed by atoms with Crippen LogP contribution < -0.4 is 0 Å². The first kappa shape index (κ1) is 16.2. The average molecular weight is 294 g/mol. The smallest absolute Gasteiger partial charge is 0.122 e. The van der Waals surface area contributed by atoms with Gasteiger partial charge >= 0.3 is 0 Å². The summed E-state index contributed by atoms with van der Waals surface area (Å²) in [7, 11) is 0. The van der Waals surface area contributed by atoms with Crippen LogP contribution in [0.15, 0.2) is 66.8 Å².